The van der Waals surface area contributed by atoms with Gasteiger partial charge in [-0.05, 0) is 45.2 Å². The molecule has 1 fully saturated rings. The highest BCUT2D eigenvalue weighted by atomic mass is 16.3. The fourth-order valence-corrected chi connectivity index (χ4v) is 2.71. The molecule has 0 aromatic rings. The Hall–Kier alpha value is -0.120. The van der Waals surface area contributed by atoms with Gasteiger partial charge in [0.15, 0.2) is 0 Å². The Morgan fingerprint density at radius 2 is 2.18 bits per heavy atom. The molecule has 0 saturated carbocycles. The van der Waals surface area contributed by atoms with Gasteiger partial charge in [0.25, 0.3) is 0 Å². The number of nitrogens with zero attached hydrogens (tertiary/aromatic N) is 1. The minimum atomic E-state index is -0.133. The SMILES string of the molecule is CCCNC(C)(CO)CN1CCCC(CC)C1. The van der Waals surface area contributed by atoms with E-state index in [1.807, 2.05) is 0 Å². The summed E-state index contributed by atoms with van der Waals surface area (Å²) >= 11 is 0. The van der Waals surface area contributed by atoms with Gasteiger partial charge in [0.05, 0.1) is 12.1 Å². The zero-order valence-electron chi connectivity index (χ0n) is 11.8. The van der Waals surface area contributed by atoms with Crippen molar-refractivity contribution in [3.8, 4) is 0 Å². The fraction of sp³-hybridized carbons (Fsp3) is 1.00. The van der Waals surface area contributed by atoms with Crippen molar-refractivity contribution in [3.05, 3.63) is 0 Å². The number of aliphatic hydroxyl groups excluding tert-OH is 1. The van der Waals surface area contributed by atoms with Crippen molar-refractivity contribution < 1.29 is 5.11 Å². The van der Waals surface area contributed by atoms with Gasteiger partial charge in [0.1, 0.15) is 0 Å². The molecule has 0 bridgehead atoms. The number of hydrogen-bond acceptors (Lipinski definition) is 3. The maximum atomic E-state index is 9.58. The van der Waals surface area contributed by atoms with Gasteiger partial charge in [0.2, 0.25) is 0 Å². The summed E-state index contributed by atoms with van der Waals surface area (Å²) < 4.78 is 0. The molecule has 1 rings (SSSR count). The number of rotatable bonds is 7. The number of hydrogen-bond donors (Lipinski definition) is 2. The van der Waals surface area contributed by atoms with Gasteiger partial charge in [-0.2, -0.15) is 0 Å². The molecule has 3 nitrogen and oxygen atoms in total. The molecule has 102 valence electrons. The van der Waals surface area contributed by atoms with Crippen molar-refractivity contribution >= 4 is 0 Å². The Labute approximate surface area is 107 Å². The molecule has 0 spiro atoms. The van der Waals surface area contributed by atoms with Crippen LogP contribution in [0, 0.1) is 5.92 Å². The lowest BCUT2D eigenvalue weighted by atomic mass is 9.93. The van der Waals surface area contributed by atoms with Gasteiger partial charge in [-0.15, -0.1) is 0 Å². The zero-order valence-corrected chi connectivity index (χ0v) is 11.8. The molecule has 3 heteroatoms. The fourth-order valence-electron chi connectivity index (χ4n) is 2.71. The molecule has 0 amide bonds. The van der Waals surface area contributed by atoms with Gasteiger partial charge in [0, 0.05) is 13.1 Å². The molecule has 2 N–H and O–H groups in total. The van der Waals surface area contributed by atoms with E-state index in [-0.39, 0.29) is 12.1 Å². The van der Waals surface area contributed by atoms with E-state index in [4.69, 9.17) is 0 Å². The average Bonchev–Trinajstić information content (AvgIpc) is 2.36. The largest absolute Gasteiger partial charge is 0.394 e. The van der Waals surface area contributed by atoms with Crippen molar-refractivity contribution in [2.24, 2.45) is 5.92 Å². The maximum Gasteiger partial charge on any atom is 0.0623 e. The first-order valence-electron chi connectivity index (χ1n) is 7.21. The van der Waals surface area contributed by atoms with Crippen LogP contribution in [-0.4, -0.2) is 48.3 Å². The van der Waals surface area contributed by atoms with Crippen LogP contribution in [0.4, 0.5) is 0 Å². The van der Waals surface area contributed by atoms with E-state index >= 15 is 0 Å². The molecule has 1 aliphatic rings. The zero-order chi connectivity index (χ0) is 12.7. The first-order valence-corrected chi connectivity index (χ1v) is 7.21. The molecule has 1 saturated heterocycles. The Morgan fingerprint density at radius 3 is 2.76 bits per heavy atom. The second-order valence-corrected chi connectivity index (χ2v) is 5.80. The van der Waals surface area contributed by atoms with Gasteiger partial charge in [-0.25, -0.2) is 0 Å². The molecule has 0 aromatic heterocycles. The number of aliphatic hydroxyl groups is 1. The third-order valence-electron chi connectivity index (χ3n) is 3.90. The molecule has 17 heavy (non-hydrogen) atoms. The highest BCUT2D eigenvalue weighted by Crippen LogP contribution is 2.20. The van der Waals surface area contributed by atoms with Crippen LogP contribution in [0.2, 0.25) is 0 Å². The summed E-state index contributed by atoms with van der Waals surface area (Å²) in [6.45, 7) is 11.2. The van der Waals surface area contributed by atoms with Crippen molar-refractivity contribution in [1.82, 2.24) is 10.2 Å². The van der Waals surface area contributed by atoms with E-state index < -0.39 is 0 Å². The van der Waals surface area contributed by atoms with E-state index in [1.54, 1.807) is 0 Å². The average molecular weight is 242 g/mol. The van der Waals surface area contributed by atoms with Crippen LogP contribution in [0.3, 0.4) is 0 Å². The van der Waals surface area contributed by atoms with E-state index in [9.17, 15) is 5.11 Å². The highest BCUT2D eigenvalue weighted by Gasteiger charge is 2.28. The minimum Gasteiger partial charge on any atom is -0.394 e. The van der Waals surface area contributed by atoms with Crippen LogP contribution in [0.5, 0.6) is 0 Å². The predicted molar refractivity (Wildman–Crippen MR) is 73.2 cm³/mol. The maximum absolute atomic E-state index is 9.58. The molecule has 0 radical (unpaired) electrons. The van der Waals surface area contributed by atoms with E-state index in [0.717, 1.165) is 25.4 Å². The summed E-state index contributed by atoms with van der Waals surface area (Å²) in [6, 6.07) is 0. The lowest BCUT2D eigenvalue weighted by Crippen LogP contribution is -2.55. The van der Waals surface area contributed by atoms with Crippen LogP contribution in [0.1, 0.15) is 46.5 Å². The van der Waals surface area contributed by atoms with Crippen molar-refractivity contribution in [1.29, 1.82) is 0 Å². The highest BCUT2D eigenvalue weighted by molar-refractivity contribution is 4.87. The van der Waals surface area contributed by atoms with Crippen molar-refractivity contribution in [2.45, 2.75) is 52.0 Å². The molecule has 2 unspecified atom stereocenters. The summed E-state index contributed by atoms with van der Waals surface area (Å²) in [4.78, 5) is 2.52. The van der Waals surface area contributed by atoms with Gasteiger partial charge in [-0.3, -0.25) is 0 Å². The molecular formula is C14H30N2O. The van der Waals surface area contributed by atoms with Gasteiger partial charge < -0.3 is 15.3 Å². The lowest BCUT2D eigenvalue weighted by molar-refractivity contribution is 0.0906. The Balaban J connectivity index is 2.43. The third-order valence-corrected chi connectivity index (χ3v) is 3.90. The van der Waals surface area contributed by atoms with E-state index in [0.29, 0.717) is 0 Å². The summed E-state index contributed by atoms with van der Waals surface area (Å²) in [5, 5.41) is 13.1. The predicted octanol–water partition coefficient (Wildman–Crippen LogP) is 1.86. The molecule has 1 heterocycles. The van der Waals surface area contributed by atoms with E-state index in [2.05, 4.69) is 31.0 Å². The van der Waals surface area contributed by atoms with Gasteiger partial charge >= 0.3 is 0 Å². The first-order chi connectivity index (χ1) is 8.13. The van der Waals surface area contributed by atoms with Gasteiger partial charge in [-0.1, -0.05) is 20.3 Å². The quantitative estimate of drug-likeness (QED) is 0.715. The Morgan fingerprint density at radius 1 is 1.41 bits per heavy atom. The van der Waals surface area contributed by atoms with Crippen LogP contribution in [0.15, 0.2) is 0 Å². The first kappa shape index (κ1) is 14.9. The summed E-state index contributed by atoms with van der Waals surface area (Å²) in [7, 11) is 0. The molecular weight excluding hydrogens is 212 g/mol. The summed E-state index contributed by atoms with van der Waals surface area (Å²) in [5.41, 5.74) is -0.133. The van der Waals surface area contributed by atoms with E-state index in [1.165, 1.54) is 32.4 Å². The van der Waals surface area contributed by atoms with Crippen LogP contribution in [0.25, 0.3) is 0 Å². The number of piperidine rings is 1. The minimum absolute atomic E-state index is 0.133. The number of nitrogens with one attached hydrogen (secondary N) is 1. The monoisotopic (exact) mass is 242 g/mol. The Kier molecular flexibility index (Phi) is 6.45. The second-order valence-electron chi connectivity index (χ2n) is 5.80. The standard InChI is InChI=1S/C14H30N2O/c1-4-8-15-14(3,12-17)11-16-9-6-7-13(5-2)10-16/h13,15,17H,4-12H2,1-3H3. The molecule has 2 atom stereocenters. The van der Waals surface area contributed by atoms with Crippen LogP contribution in [-0.2, 0) is 0 Å². The third kappa shape index (κ3) is 4.94. The second kappa shape index (κ2) is 7.34. The number of likely N-dealkylation sites (tertiary alicyclic amines) is 1. The Bertz CT molecular complexity index is 210. The lowest BCUT2D eigenvalue weighted by Gasteiger charge is -2.39. The van der Waals surface area contributed by atoms with Crippen LogP contribution < -0.4 is 5.32 Å². The molecule has 0 aromatic carbocycles. The summed E-state index contributed by atoms with van der Waals surface area (Å²) in [6.07, 6.45) is 5.10. The van der Waals surface area contributed by atoms with Crippen LogP contribution >= 0.6 is 0 Å². The smallest absolute Gasteiger partial charge is 0.0623 e. The van der Waals surface area contributed by atoms with Crippen molar-refractivity contribution in [2.75, 3.05) is 32.8 Å². The molecule has 0 aliphatic carbocycles. The van der Waals surface area contributed by atoms with Crippen molar-refractivity contribution in [3.63, 3.8) is 0 Å². The normalized spacial score (nSPS) is 25.8. The topological polar surface area (TPSA) is 35.5 Å². The summed E-state index contributed by atoms with van der Waals surface area (Å²) in [5.74, 6) is 0.859. The molecule has 1 aliphatic heterocycles.